The molecule has 4 nitrogen and oxygen atoms in total. The summed E-state index contributed by atoms with van der Waals surface area (Å²) in [7, 11) is 0. The molecule has 0 fully saturated rings. The Labute approximate surface area is 75.8 Å². The third-order valence-corrected chi connectivity index (χ3v) is 1.52. The molecule has 0 spiro atoms. The van der Waals surface area contributed by atoms with Crippen molar-refractivity contribution in [1.29, 1.82) is 0 Å². The first-order valence-electron chi connectivity index (χ1n) is 3.92. The van der Waals surface area contributed by atoms with Crippen molar-refractivity contribution in [2.45, 2.75) is 13.3 Å². The van der Waals surface area contributed by atoms with E-state index in [1.807, 2.05) is 0 Å². The van der Waals surface area contributed by atoms with Crippen LogP contribution in [-0.4, -0.2) is 18.4 Å². The Hall–Kier alpha value is -1.58. The van der Waals surface area contributed by atoms with E-state index in [0.29, 0.717) is 17.9 Å². The van der Waals surface area contributed by atoms with Gasteiger partial charge in [0.1, 0.15) is 0 Å². The second-order valence-corrected chi connectivity index (χ2v) is 2.44. The standard InChI is InChI=1S/C9H10O4/c1-3-6(10)9-7(13-9)5-12-8(11)4-2/h4H,2-3,5H2,1H3. The first kappa shape index (κ1) is 9.51. The van der Waals surface area contributed by atoms with Crippen molar-refractivity contribution in [2.24, 2.45) is 0 Å². The summed E-state index contributed by atoms with van der Waals surface area (Å²) in [6, 6.07) is 0. The monoisotopic (exact) mass is 182 g/mol. The number of rotatable bonds is 5. The van der Waals surface area contributed by atoms with Crippen molar-refractivity contribution in [3.63, 3.8) is 0 Å². The van der Waals surface area contributed by atoms with E-state index in [1.165, 1.54) is 0 Å². The summed E-state index contributed by atoms with van der Waals surface area (Å²) in [5.74, 6) is 0.192. The number of esters is 1. The summed E-state index contributed by atoms with van der Waals surface area (Å²) >= 11 is 0. The Morgan fingerprint density at radius 1 is 1.62 bits per heavy atom. The van der Waals surface area contributed by atoms with Crippen molar-refractivity contribution in [3.05, 3.63) is 24.2 Å². The lowest BCUT2D eigenvalue weighted by Crippen LogP contribution is -2.00. The van der Waals surface area contributed by atoms with Crippen molar-refractivity contribution in [3.8, 4) is 0 Å². The summed E-state index contributed by atoms with van der Waals surface area (Å²) in [4.78, 5) is 21.5. The highest BCUT2D eigenvalue weighted by molar-refractivity contribution is 5.96. The van der Waals surface area contributed by atoms with Crippen LogP contribution in [0.25, 0.3) is 0 Å². The maximum atomic E-state index is 11.0. The lowest BCUT2D eigenvalue weighted by Gasteiger charge is -1.92. The molecule has 0 unspecified atom stereocenters. The molecule has 1 aliphatic heterocycles. The minimum atomic E-state index is -0.522. The second kappa shape index (κ2) is 3.89. The quantitative estimate of drug-likeness (QED) is 0.469. The number of Topliss-reactive ketones (excluding diaryl/α,β-unsaturated/α-hetero) is 1. The molecule has 0 aromatic heterocycles. The third kappa shape index (κ3) is 2.43. The SMILES string of the molecule is C=CC(=O)OCC1=C(C(=O)CC)O1. The molecule has 1 aliphatic rings. The molecule has 0 radical (unpaired) electrons. The fraction of sp³-hybridized carbons (Fsp3) is 0.333. The summed E-state index contributed by atoms with van der Waals surface area (Å²) < 4.78 is 9.48. The second-order valence-electron chi connectivity index (χ2n) is 2.44. The predicted molar refractivity (Wildman–Crippen MR) is 44.6 cm³/mol. The molecule has 0 bridgehead atoms. The molecule has 0 N–H and O–H groups in total. The topological polar surface area (TPSA) is 55.9 Å². The number of carbonyl (C=O) groups is 2. The lowest BCUT2D eigenvalue weighted by molar-refractivity contribution is -0.137. The average Bonchev–Trinajstić information content (AvgIpc) is 2.92. The Bertz CT molecular complexity index is 288. The van der Waals surface area contributed by atoms with Gasteiger partial charge in [-0.05, 0) is 0 Å². The van der Waals surface area contributed by atoms with E-state index in [1.54, 1.807) is 6.92 Å². The third-order valence-electron chi connectivity index (χ3n) is 1.52. The molecular weight excluding hydrogens is 172 g/mol. The van der Waals surface area contributed by atoms with Crippen molar-refractivity contribution < 1.29 is 19.1 Å². The number of hydrogen-bond acceptors (Lipinski definition) is 4. The fourth-order valence-electron chi connectivity index (χ4n) is 0.761. The normalized spacial score (nSPS) is 13.3. The number of hydrogen-bond donors (Lipinski definition) is 0. The molecule has 0 saturated carbocycles. The van der Waals surface area contributed by atoms with Crippen molar-refractivity contribution in [1.82, 2.24) is 0 Å². The van der Waals surface area contributed by atoms with E-state index in [-0.39, 0.29) is 12.4 Å². The summed E-state index contributed by atoms with van der Waals surface area (Å²) in [6.45, 7) is 4.99. The highest BCUT2D eigenvalue weighted by atomic mass is 16.6. The molecule has 0 aromatic rings. The zero-order valence-electron chi connectivity index (χ0n) is 7.33. The highest BCUT2D eigenvalue weighted by Crippen LogP contribution is 2.27. The Kier molecular flexibility index (Phi) is 2.84. The van der Waals surface area contributed by atoms with Gasteiger partial charge in [0, 0.05) is 12.5 Å². The number of ether oxygens (including phenoxy) is 2. The van der Waals surface area contributed by atoms with Gasteiger partial charge in [-0.2, -0.15) is 0 Å². The Morgan fingerprint density at radius 3 is 2.85 bits per heavy atom. The zero-order valence-corrected chi connectivity index (χ0v) is 7.33. The van der Waals surface area contributed by atoms with Gasteiger partial charge in [-0.1, -0.05) is 13.5 Å². The summed E-state index contributed by atoms with van der Waals surface area (Å²) in [5, 5.41) is 0. The molecular formula is C9H10O4. The number of ketones is 1. The van der Waals surface area contributed by atoms with E-state index < -0.39 is 5.97 Å². The van der Waals surface area contributed by atoms with E-state index in [0.717, 1.165) is 6.08 Å². The smallest absolute Gasteiger partial charge is 0.330 e. The molecule has 13 heavy (non-hydrogen) atoms. The molecule has 70 valence electrons. The Morgan fingerprint density at radius 2 is 2.31 bits per heavy atom. The van der Waals surface area contributed by atoms with Crippen LogP contribution >= 0.6 is 0 Å². The molecule has 1 heterocycles. The van der Waals surface area contributed by atoms with Gasteiger partial charge >= 0.3 is 5.97 Å². The van der Waals surface area contributed by atoms with Gasteiger partial charge in [0.15, 0.2) is 12.4 Å². The first-order chi connectivity index (χ1) is 6.19. The maximum Gasteiger partial charge on any atom is 0.330 e. The van der Waals surface area contributed by atoms with E-state index in [2.05, 4.69) is 11.3 Å². The van der Waals surface area contributed by atoms with E-state index in [9.17, 15) is 9.59 Å². The van der Waals surface area contributed by atoms with E-state index >= 15 is 0 Å². The largest absolute Gasteiger partial charge is 0.454 e. The molecule has 0 saturated heterocycles. The summed E-state index contributed by atoms with van der Waals surface area (Å²) in [6.07, 6.45) is 1.46. The van der Waals surface area contributed by atoms with Crippen LogP contribution in [0.1, 0.15) is 13.3 Å². The fourth-order valence-corrected chi connectivity index (χ4v) is 0.761. The molecule has 1 rings (SSSR count). The van der Waals surface area contributed by atoms with Gasteiger partial charge < -0.3 is 9.47 Å². The maximum absolute atomic E-state index is 11.0. The van der Waals surface area contributed by atoms with Crippen LogP contribution < -0.4 is 0 Å². The number of allylic oxidation sites excluding steroid dienone is 1. The molecule has 4 heteroatoms. The zero-order chi connectivity index (χ0) is 9.84. The van der Waals surface area contributed by atoms with Crippen LogP contribution in [0.2, 0.25) is 0 Å². The van der Waals surface area contributed by atoms with Gasteiger partial charge in [0.2, 0.25) is 11.5 Å². The molecule has 0 aliphatic carbocycles. The Balaban J connectivity index is 2.34. The van der Waals surface area contributed by atoms with Crippen LogP contribution in [0, 0.1) is 0 Å². The van der Waals surface area contributed by atoms with Crippen LogP contribution in [0.15, 0.2) is 24.2 Å². The van der Waals surface area contributed by atoms with E-state index in [4.69, 9.17) is 4.74 Å². The highest BCUT2D eigenvalue weighted by Gasteiger charge is 2.31. The minimum absolute atomic E-state index is 0.0198. The first-order valence-corrected chi connectivity index (χ1v) is 3.92. The average molecular weight is 182 g/mol. The van der Waals surface area contributed by atoms with Crippen LogP contribution in [-0.2, 0) is 19.1 Å². The van der Waals surface area contributed by atoms with Crippen molar-refractivity contribution >= 4 is 11.8 Å². The van der Waals surface area contributed by atoms with Crippen LogP contribution in [0.5, 0.6) is 0 Å². The molecule has 0 atom stereocenters. The minimum Gasteiger partial charge on any atom is -0.454 e. The molecule has 0 amide bonds. The van der Waals surface area contributed by atoms with Crippen LogP contribution in [0.3, 0.4) is 0 Å². The van der Waals surface area contributed by atoms with Gasteiger partial charge in [-0.3, -0.25) is 4.79 Å². The van der Waals surface area contributed by atoms with Crippen molar-refractivity contribution in [2.75, 3.05) is 6.61 Å². The lowest BCUT2D eigenvalue weighted by atomic mass is 10.3. The van der Waals surface area contributed by atoms with Crippen LogP contribution in [0.4, 0.5) is 0 Å². The van der Waals surface area contributed by atoms with Gasteiger partial charge in [0.05, 0.1) is 0 Å². The van der Waals surface area contributed by atoms with Gasteiger partial charge in [-0.15, -0.1) is 0 Å². The summed E-state index contributed by atoms with van der Waals surface area (Å²) in [5.41, 5.74) is 0. The number of carbonyl (C=O) groups excluding carboxylic acids is 2. The van der Waals surface area contributed by atoms with Gasteiger partial charge in [-0.25, -0.2) is 4.79 Å². The van der Waals surface area contributed by atoms with Gasteiger partial charge in [0.25, 0.3) is 0 Å². The predicted octanol–water partition coefficient (Wildman–Crippen LogP) is 0.936. The molecule has 0 aromatic carbocycles.